The lowest BCUT2D eigenvalue weighted by molar-refractivity contribution is 0.102. The Bertz CT molecular complexity index is 1150. The summed E-state index contributed by atoms with van der Waals surface area (Å²) in [6.07, 6.45) is 0. The fourth-order valence-electron chi connectivity index (χ4n) is 3.25. The summed E-state index contributed by atoms with van der Waals surface area (Å²) in [6.45, 7) is 3.85. The zero-order valence-electron chi connectivity index (χ0n) is 15.1. The minimum absolute atomic E-state index is 0.103. The quantitative estimate of drug-likeness (QED) is 0.756. The van der Waals surface area contributed by atoms with Gasteiger partial charge in [0.05, 0.1) is 22.9 Å². The summed E-state index contributed by atoms with van der Waals surface area (Å²) >= 11 is 0. The van der Waals surface area contributed by atoms with Crippen molar-refractivity contribution in [3.63, 3.8) is 0 Å². The van der Waals surface area contributed by atoms with Crippen molar-refractivity contribution in [3.8, 4) is 5.69 Å². The van der Waals surface area contributed by atoms with Crippen LogP contribution in [0, 0.1) is 13.8 Å². The lowest BCUT2D eigenvalue weighted by Crippen LogP contribution is -2.17. The van der Waals surface area contributed by atoms with Crippen LogP contribution in [0.4, 0.5) is 5.82 Å². The molecule has 27 heavy (non-hydrogen) atoms. The predicted molar refractivity (Wildman–Crippen MR) is 104 cm³/mol. The van der Waals surface area contributed by atoms with E-state index in [4.69, 9.17) is 0 Å². The molecule has 0 radical (unpaired) electrons. The molecule has 0 spiro atoms. The van der Waals surface area contributed by atoms with Crippen LogP contribution >= 0.6 is 0 Å². The van der Waals surface area contributed by atoms with Gasteiger partial charge in [0.15, 0.2) is 9.84 Å². The third-order valence-electron chi connectivity index (χ3n) is 4.69. The summed E-state index contributed by atoms with van der Waals surface area (Å²) in [5, 5.41) is 7.37. The van der Waals surface area contributed by atoms with Crippen molar-refractivity contribution < 1.29 is 13.2 Å². The van der Waals surface area contributed by atoms with E-state index in [0.29, 0.717) is 22.6 Å². The number of aryl methyl sites for hydroxylation is 2. The number of rotatable bonds is 3. The third-order valence-corrected chi connectivity index (χ3v) is 6.13. The second-order valence-electron chi connectivity index (χ2n) is 6.82. The van der Waals surface area contributed by atoms with Crippen molar-refractivity contribution in [2.24, 2.45) is 0 Å². The molecule has 3 aromatic rings. The molecule has 6 nitrogen and oxygen atoms in total. The highest BCUT2D eigenvalue weighted by molar-refractivity contribution is 7.90. The maximum absolute atomic E-state index is 12.8. The van der Waals surface area contributed by atoms with E-state index < -0.39 is 9.84 Å². The van der Waals surface area contributed by atoms with Gasteiger partial charge in [0.25, 0.3) is 5.91 Å². The minimum atomic E-state index is -3.23. The number of hydrogen-bond donors (Lipinski definition) is 1. The Morgan fingerprint density at radius 1 is 1.04 bits per heavy atom. The molecule has 2 heterocycles. The van der Waals surface area contributed by atoms with E-state index >= 15 is 0 Å². The lowest BCUT2D eigenvalue weighted by Gasteiger charge is -2.12. The first kappa shape index (κ1) is 17.5. The molecule has 0 fully saturated rings. The van der Waals surface area contributed by atoms with Crippen molar-refractivity contribution in [3.05, 3.63) is 76.5 Å². The van der Waals surface area contributed by atoms with Crippen molar-refractivity contribution in [1.29, 1.82) is 0 Å². The number of nitrogens with zero attached hydrogens (tertiary/aromatic N) is 2. The van der Waals surface area contributed by atoms with Gasteiger partial charge in [-0.2, -0.15) is 5.10 Å². The van der Waals surface area contributed by atoms with Crippen molar-refractivity contribution >= 4 is 21.6 Å². The second kappa shape index (κ2) is 6.35. The summed E-state index contributed by atoms with van der Waals surface area (Å²) in [5.74, 6) is -0.0805. The SMILES string of the molecule is Cc1ccc(-n2nc3c(c2NC(=O)c2ccccc2C)CS(=O)(=O)C3)cc1. The van der Waals surface area contributed by atoms with Crippen LogP contribution < -0.4 is 5.32 Å². The van der Waals surface area contributed by atoms with E-state index in [9.17, 15) is 13.2 Å². The molecule has 4 rings (SSSR count). The maximum Gasteiger partial charge on any atom is 0.257 e. The van der Waals surface area contributed by atoms with Crippen LogP contribution in [0.5, 0.6) is 0 Å². The summed E-state index contributed by atoms with van der Waals surface area (Å²) in [4.78, 5) is 12.8. The number of anilines is 1. The third kappa shape index (κ3) is 3.26. The minimum Gasteiger partial charge on any atom is -0.306 e. The first-order chi connectivity index (χ1) is 12.8. The highest BCUT2D eigenvalue weighted by atomic mass is 32.2. The molecule has 0 atom stereocenters. The second-order valence-corrected chi connectivity index (χ2v) is 8.89. The van der Waals surface area contributed by atoms with E-state index in [0.717, 1.165) is 16.8 Å². The molecular weight excluding hydrogens is 362 g/mol. The molecule has 0 saturated heterocycles. The number of benzene rings is 2. The fourth-order valence-corrected chi connectivity index (χ4v) is 4.74. The number of fused-ring (bicyclic) bond motifs is 1. The normalized spacial score (nSPS) is 14.7. The number of carbonyl (C=O) groups is 1. The number of amides is 1. The molecule has 2 aromatic carbocycles. The Morgan fingerprint density at radius 3 is 2.44 bits per heavy atom. The van der Waals surface area contributed by atoms with Gasteiger partial charge in [0.2, 0.25) is 0 Å². The molecule has 0 unspecified atom stereocenters. The van der Waals surface area contributed by atoms with E-state index in [-0.39, 0.29) is 17.4 Å². The van der Waals surface area contributed by atoms with Crippen LogP contribution in [-0.4, -0.2) is 24.1 Å². The van der Waals surface area contributed by atoms with Crippen LogP contribution in [0.1, 0.15) is 32.7 Å². The number of aromatic nitrogens is 2. The Hall–Kier alpha value is -2.93. The summed E-state index contributed by atoms with van der Waals surface area (Å²) in [7, 11) is -3.23. The standard InChI is InChI=1S/C20H19N3O3S/c1-13-7-9-15(10-8-13)23-19(17-11-27(25,26)12-18(17)22-23)21-20(24)16-6-4-3-5-14(16)2/h3-10H,11-12H2,1-2H3,(H,21,24). The van der Waals surface area contributed by atoms with E-state index in [1.165, 1.54) is 0 Å². The molecule has 1 amide bonds. The van der Waals surface area contributed by atoms with Gasteiger partial charge in [0.1, 0.15) is 5.82 Å². The molecular formula is C20H19N3O3S. The average molecular weight is 381 g/mol. The van der Waals surface area contributed by atoms with Crippen molar-refractivity contribution in [1.82, 2.24) is 9.78 Å². The molecule has 0 aliphatic carbocycles. The topological polar surface area (TPSA) is 81.1 Å². The van der Waals surface area contributed by atoms with Gasteiger partial charge in [-0.1, -0.05) is 35.9 Å². The molecule has 1 aliphatic rings. The highest BCUT2D eigenvalue weighted by Gasteiger charge is 2.33. The Labute approximate surface area is 157 Å². The zero-order valence-corrected chi connectivity index (χ0v) is 15.9. The highest BCUT2D eigenvalue weighted by Crippen LogP contribution is 2.33. The number of nitrogens with one attached hydrogen (secondary N) is 1. The van der Waals surface area contributed by atoms with Gasteiger partial charge in [-0.25, -0.2) is 13.1 Å². The van der Waals surface area contributed by atoms with Crippen LogP contribution in [0.25, 0.3) is 5.69 Å². The van der Waals surface area contributed by atoms with Crippen molar-refractivity contribution in [2.45, 2.75) is 25.4 Å². The molecule has 7 heteroatoms. The van der Waals surface area contributed by atoms with Gasteiger partial charge in [-0.3, -0.25) is 4.79 Å². The number of carbonyl (C=O) groups excluding carboxylic acids is 1. The van der Waals surface area contributed by atoms with Gasteiger partial charge in [-0.05, 0) is 37.6 Å². The lowest BCUT2D eigenvalue weighted by atomic mass is 10.1. The van der Waals surface area contributed by atoms with E-state index in [1.807, 2.05) is 50.2 Å². The fraction of sp³-hybridized carbons (Fsp3) is 0.200. The average Bonchev–Trinajstić information content (AvgIpc) is 3.09. The van der Waals surface area contributed by atoms with Gasteiger partial charge < -0.3 is 5.32 Å². The van der Waals surface area contributed by atoms with Crippen molar-refractivity contribution in [2.75, 3.05) is 5.32 Å². The first-order valence-electron chi connectivity index (χ1n) is 8.59. The van der Waals surface area contributed by atoms with Crippen LogP contribution in [0.3, 0.4) is 0 Å². The monoisotopic (exact) mass is 381 g/mol. The zero-order chi connectivity index (χ0) is 19.2. The maximum atomic E-state index is 12.8. The molecule has 0 saturated carbocycles. The molecule has 0 bridgehead atoms. The van der Waals surface area contributed by atoms with Crippen LogP contribution in [0.15, 0.2) is 48.5 Å². The van der Waals surface area contributed by atoms with Crippen LogP contribution in [-0.2, 0) is 21.3 Å². The summed E-state index contributed by atoms with van der Waals surface area (Å²) in [5.41, 5.74) is 4.33. The Kier molecular flexibility index (Phi) is 4.11. The largest absolute Gasteiger partial charge is 0.306 e. The Morgan fingerprint density at radius 2 is 1.74 bits per heavy atom. The molecule has 1 aromatic heterocycles. The number of hydrogen-bond acceptors (Lipinski definition) is 4. The molecule has 1 aliphatic heterocycles. The summed E-state index contributed by atoms with van der Waals surface area (Å²) in [6, 6.07) is 15.0. The first-order valence-corrected chi connectivity index (χ1v) is 10.4. The van der Waals surface area contributed by atoms with Crippen LogP contribution in [0.2, 0.25) is 0 Å². The number of sulfone groups is 1. The predicted octanol–water partition coefficient (Wildman–Crippen LogP) is 3.17. The van der Waals surface area contributed by atoms with Gasteiger partial charge in [0, 0.05) is 11.1 Å². The van der Waals surface area contributed by atoms with Gasteiger partial charge >= 0.3 is 0 Å². The van der Waals surface area contributed by atoms with Gasteiger partial charge in [-0.15, -0.1) is 0 Å². The molecule has 1 N–H and O–H groups in total. The molecule has 138 valence electrons. The van der Waals surface area contributed by atoms with E-state index in [2.05, 4.69) is 10.4 Å². The van der Waals surface area contributed by atoms with E-state index in [1.54, 1.807) is 16.8 Å². The summed E-state index contributed by atoms with van der Waals surface area (Å²) < 4.78 is 25.7. The Balaban J connectivity index is 1.80. The smallest absolute Gasteiger partial charge is 0.257 e.